The van der Waals surface area contributed by atoms with Crippen LogP contribution in [0.25, 0.3) is 0 Å². The molecule has 3 nitrogen and oxygen atoms in total. The fourth-order valence-electron chi connectivity index (χ4n) is 3.68. The van der Waals surface area contributed by atoms with Crippen LogP contribution in [0.2, 0.25) is 0 Å². The lowest BCUT2D eigenvalue weighted by molar-refractivity contribution is 0.149. The van der Waals surface area contributed by atoms with Crippen molar-refractivity contribution >= 4 is 6.03 Å². The van der Waals surface area contributed by atoms with Gasteiger partial charge in [0, 0.05) is 26.2 Å². The molecule has 2 heterocycles. The largest absolute Gasteiger partial charge is 0.325 e. The van der Waals surface area contributed by atoms with Gasteiger partial charge in [-0.25, -0.2) is 4.79 Å². The van der Waals surface area contributed by atoms with Gasteiger partial charge in [0.05, 0.1) is 0 Å². The summed E-state index contributed by atoms with van der Waals surface area (Å²) in [5.74, 6) is 1.66. The second kappa shape index (κ2) is 4.27. The SMILES string of the molecule is O=C(N1CCCCC1)N1CC2CCCC2C1. The van der Waals surface area contributed by atoms with Crippen molar-refractivity contribution in [3.8, 4) is 0 Å². The van der Waals surface area contributed by atoms with Crippen molar-refractivity contribution in [1.29, 1.82) is 0 Å². The molecular weight excluding hydrogens is 200 g/mol. The number of carbonyl (C=O) groups is 1. The quantitative estimate of drug-likeness (QED) is 0.617. The minimum absolute atomic E-state index is 0.328. The molecule has 2 saturated heterocycles. The number of hydrogen-bond acceptors (Lipinski definition) is 1. The molecule has 0 aromatic rings. The lowest BCUT2D eigenvalue weighted by Crippen LogP contribution is -2.44. The highest BCUT2D eigenvalue weighted by molar-refractivity contribution is 5.75. The highest BCUT2D eigenvalue weighted by Gasteiger charge is 2.39. The Kier molecular flexibility index (Phi) is 2.78. The molecule has 3 fully saturated rings. The molecule has 0 radical (unpaired) electrons. The van der Waals surface area contributed by atoms with E-state index in [1.54, 1.807) is 0 Å². The Morgan fingerprint density at radius 1 is 0.812 bits per heavy atom. The summed E-state index contributed by atoms with van der Waals surface area (Å²) < 4.78 is 0. The van der Waals surface area contributed by atoms with E-state index in [1.807, 2.05) is 0 Å². The average molecular weight is 222 g/mol. The van der Waals surface area contributed by atoms with E-state index in [4.69, 9.17) is 0 Å². The minimum Gasteiger partial charge on any atom is -0.325 e. The molecule has 0 spiro atoms. The van der Waals surface area contributed by atoms with Crippen LogP contribution in [-0.4, -0.2) is 42.0 Å². The third-order valence-corrected chi connectivity index (χ3v) is 4.62. The maximum absolute atomic E-state index is 12.3. The fourth-order valence-corrected chi connectivity index (χ4v) is 3.68. The zero-order chi connectivity index (χ0) is 11.0. The van der Waals surface area contributed by atoms with Gasteiger partial charge in [-0.1, -0.05) is 6.42 Å². The van der Waals surface area contributed by atoms with Crippen LogP contribution in [0.1, 0.15) is 38.5 Å². The lowest BCUT2D eigenvalue weighted by Gasteiger charge is -2.31. The molecule has 2 atom stereocenters. The molecule has 0 aromatic heterocycles. The third-order valence-electron chi connectivity index (χ3n) is 4.62. The molecule has 3 aliphatic rings. The molecule has 2 unspecified atom stereocenters. The van der Waals surface area contributed by atoms with E-state index >= 15 is 0 Å². The normalized spacial score (nSPS) is 34.2. The Balaban J connectivity index is 1.59. The molecule has 2 aliphatic heterocycles. The van der Waals surface area contributed by atoms with Gasteiger partial charge in [0.2, 0.25) is 0 Å². The van der Waals surface area contributed by atoms with E-state index in [0.717, 1.165) is 38.0 Å². The van der Waals surface area contributed by atoms with E-state index in [-0.39, 0.29) is 0 Å². The van der Waals surface area contributed by atoms with Crippen LogP contribution in [-0.2, 0) is 0 Å². The zero-order valence-corrected chi connectivity index (χ0v) is 10.0. The zero-order valence-electron chi connectivity index (χ0n) is 10.0. The first kappa shape index (κ1) is 10.4. The lowest BCUT2D eigenvalue weighted by atomic mass is 10.0. The molecule has 2 amide bonds. The maximum Gasteiger partial charge on any atom is 0.320 e. The van der Waals surface area contributed by atoms with Crippen LogP contribution in [0.15, 0.2) is 0 Å². The number of likely N-dealkylation sites (tertiary alicyclic amines) is 2. The molecule has 3 rings (SSSR count). The standard InChI is InChI=1S/C13H22N2O/c16-13(14-7-2-1-3-8-14)15-9-11-5-4-6-12(11)10-15/h11-12H,1-10H2. The Labute approximate surface area is 97.8 Å². The van der Waals surface area contributed by atoms with Gasteiger partial charge in [0.25, 0.3) is 0 Å². The van der Waals surface area contributed by atoms with E-state index in [9.17, 15) is 4.79 Å². The Morgan fingerprint density at radius 3 is 2.06 bits per heavy atom. The second-order valence-electron chi connectivity index (χ2n) is 5.69. The van der Waals surface area contributed by atoms with Crippen LogP contribution in [0.3, 0.4) is 0 Å². The van der Waals surface area contributed by atoms with Gasteiger partial charge in [-0.05, 0) is 43.9 Å². The summed E-state index contributed by atoms with van der Waals surface area (Å²) in [4.78, 5) is 16.5. The number of carbonyl (C=O) groups excluding carboxylic acids is 1. The summed E-state index contributed by atoms with van der Waals surface area (Å²) in [5, 5.41) is 0. The minimum atomic E-state index is 0.328. The Bertz CT molecular complexity index is 261. The first-order valence-corrected chi connectivity index (χ1v) is 6.88. The monoisotopic (exact) mass is 222 g/mol. The van der Waals surface area contributed by atoms with Gasteiger partial charge < -0.3 is 9.80 Å². The van der Waals surface area contributed by atoms with E-state index in [1.165, 1.54) is 38.5 Å². The summed E-state index contributed by atoms with van der Waals surface area (Å²) in [5.41, 5.74) is 0. The maximum atomic E-state index is 12.3. The van der Waals surface area contributed by atoms with Gasteiger partial charge in [-0.15, -0.1) is 0 Å². The molecule has 0 aromatic carbocycles. The van der Waals surface area contributed by atoms with Crippen molar-refractivity contribution in [2.75, 3.05) is 26.2 Å². The Hall–Kier alpha value is -0.730. The molecule has 3 heteroatoms. The number of fused-ring (bicyclic) bond motifs is 1. The van der Waals surface area contributed by atoms with Crippen LogP contribution >= 0.6 is 0 Å². The van der Waals surface area contributed by atoms with Crippen molar-refractivity contribution in [2.24, 2.45) is 11.8 Å². The molecular formula is C13H22N2O. The second-order valence-corrected chi connectivity index (χ2v) is 5.69. The highest BCUT2D eigenvalue weighted by Crippen LogP contribution is 2.38. The van der Waals surface area contributed by atoms with Gasteiger partial charge in [-0.3, -0.25) is 0 Å². The number of amides is 2. The predicted molar refractivity (Wildman–Crippen MR) is 63.2 cm³/mol. The van der Waals surface area contributed by atoms with Crippen molar-refractivity contribution in [3.63, 3.8) is 0 Å². The number of piperidine rings is 1. The van der Waals surface area contributed by atoms with Crippen LogP contribution in [0, 0.1) is 11.8 Å². The smallest absolute Gasteiger partial charge is 0.320 e. The summed E-state index contributed by atoms with van der Waals surface area (Å²) in [6, 6.07) is 0.328. The van der Waals surface area contributed by atoms with Gasteiger partial charge >= 0.3 is 6.03 Å². The van der Waals surface area contributed by atoms with E-state index < -0.39 is 0 Å². The number of urea groups is 1. The van der Waals surface area contributed by atoms with E-state index in [0.29, 0.717) is 6.03 Å². The molecule has 1 saturated carbocycles. The van der Waals surface area contributed by atoms with Gasteiger partial charge in [-0.2, -0.15) is 0 Å². The molecule has 0 N–H and O–H groups in total. The third kappa shape index (κ3) is 1.80. The topological polar surface area (TPSA) is 23.6 Å². The molecule has 1 aliphatic carbocycles. The van der Waals surface area contributed by atoms with Crippen molar-refractivity contribution < 1.29 is 4.79 Å². The first-order valence-electron chi connectivity index (χ1n) is 6.88. The van der Waals surface area contributed by atoms with Gasteiger partial charge in [0.1, 0.15) is 0 Å². The first-order chi connectivity index (χ1) is 7.84. The van der Waals surface area contributed by atoms with Crippen LogP contribution in [0.4, 0.5) is 4.79 Å². The molecule has 16 heavy (non-hydrogen) atoms. The molecule has 90 valence electrons. The summed E-state index contributed by atoms with van der Waals surface area (Å²) >= 11 is 0. The fraction of sp³-hybridized carbons (Fsp3) is 0.923. The average Bonchev–Trinajstić information content (AvgIpc) is 2.89. The predicted octanol–water partition coefficient (Wildman–Crippen LogP) is 2.32. The van der Waals surface area contributed by atoms with Crippen LogP contribution < -0.4 is 0 Å². The highest BCUT2D eigenvalue weighted by atomic mass is 16.2. The van der Waals surface area contributed by atoms with Gasteiger partial charge in [0.15, 0.2) is 0 Å². The van der Waals surface area contributed by atoms with Crippen molar-refractivity contribution in [2.45, 2.75) is 38.5 Å². The van der Waals surface area contributed by atoms with Crippen LogP contribution in [0.5, 0.6) is 0 Å². The van der Waals surface area contributed by atoms with E-state index in [2.05, 4.69) is 9.80 Å². The molecule has 0 bridgehead atoms. The summed E-state index contributed by atoms with van der Waals surface area (Å²) in [7, 11) is 0. The number of rotatable bonds is 0. The Morgan fingerprint density at radius 2 is 1.44 bits per heavy atom. The van der Waals surface area contributed by atoms with Crippen molar-refractivity contribution in [3.05, 3.63) is 0 Å². The summed E-state index contributed by atoms with van der Waals surface area (Å²) in [6.07, 6.45) is 7.80. The number of nitrogens with zero attached hydrogens (tertiary/aromatic N) is 2. The number of hydrogen-bond donors (Lipinski definition) is 0. The summed E-state index contributed by atoms with van der Waals surface area (Å²) in [6.45, 7) is 4.06. The van der Waals surface area contributed by atoms with Crippen molar-refractivity contribution in [1.82, 2.24) is 9.80 Å².